The van der Waals surface area contributed by atoms with Gasteiger partial charge in [0.15, 0.2) is 0 Å². The Morgan fingerprint density at radius 3 is 2.07 bits per heavy atom. The van der Waals surface area contributed by atoms with Crippen LogP contribution in [0.1, 0.15) is 47.0 Å². The summed E-state index contributed by atoms with van der Waals surface area (Å²) in [5.41, 5.74) is -0.231. The minimum atomic E-state index is -0.116. The van der Waals surface area contributed by atoms with Crippen LogP contribution in [0.25, 0.3) is 0 Å². The molecule has 82 valence electrons. The van der Waals surface area contributed by atoms with Crippen molar-refractivity contribution in [1.82, 2.24) is 5.06 Å². The van der Waals surface area contributed by atoms with E-state index in [2.05, 4.69) is 34.3 Å². The first-order chi connectivity index (χ1) is 6.29. The summed E-state index contributed by atoms with van der Waals surface area (Å²) >= 11 is 0. The molecular formula is C12H23NO. The number of hydroxylamine groups is 2. The van der Waals surface area contributed by atoms with Crippen LogP contribution in [-0.2, 0) is 0 Å². The SMILES string of the molecule is C=CCC1CC(C)(C)N(O)C(C)(C)C1. The summed E-state index contributed by atoms with van der Waals surface area (Å²) in [4.78, 5) is 0. The van der Waals surface area contributed by atoms with E-state index in [1.807, 2.05) is 6.08 Å². The van der Waals surface area contributed by atoms with Crippen LogP contribution >= 0.6 is 0 Å². The summed E-state index contributed by atoms with van der Waals surface area (Å²) in [6, 6.07) is 0. The van der Waals surface area contributed by atoms with Crippen molar-refractivity contribution in [3.63, 3.8) is 0 Å². The smallest absolute Gasteiger partial charge is 0.0413 e. The minimum absolute atomic E-state index is 0.116. The molecule has 1 heterocycles. The standard InChI is InChI=1S/C12H23NO/c1-6-7-10-8-11(2,3)13(14)12(4,5)9-10/h6,10,14H,1,7-9H2,2-5H3. The summed E-state index contributed by atoms with van der Waals surface area (Å²) < 4.78 is 0. The molecule has 2 heteroatoms. The molecule has 1 saturated heterocycles. The summed E-state index contributed by atoms with van der Waals surface area (Å²) in [6.45, 7) is 12.2. The topological polar surface area (TPSA) is 23.5 Å². The molecule has 0 saturated carbocycles. The van der Waals surface area contributed by atoms with Gasteiger partial charge >= 0.3 is 0 Å². The first-order valence-electron chi connectivity index (χ1n) is 5.40. The molecule has 0 radical (unpaired) electrons. The molecular weight excluding hydrogens is 174 g/mol. The van der Waals surface area contributed by atoms with E-state index in [0.717, 1.165) is 19.3 Å². The van der Waals surface area contributed by atoms with Gasteiger partial charge in [0.2, 0.25) is 0 Å². The molecule has 1 aliphatic rings. The van der Waals surface area contributed by atoms with Crippen molar-refractivity contribution < 1.29 is 5.21 Å². The van der Waals surface area contributed by atoms with Crippen LogP contribution < -0.4 is 0 Å². The maximum atomic E-state index is 10.1. The van der Waals surface area contributed by atoms with E-state index in [-0.39, 0.29) is 11.1 Å². The Balaban J connectivity index is 2.80. The highest BCUT2D eigenvalue weighted by Gasteiger charge is 2.44. The van der Waals surface area contributed by atoms with Gasteiger partial charge in [-0.2, -0.15) is 5.06 Å². The molecule has 0 aromatic rings. The molecule has 0 bridgehead atoms. The Hall–Kier alpha value is -0.340. The Bertz CT molecular complexity index is 202. The van der Waals surface area contributed by atoms with Crippen molar-refractivity contribution in [1.29, 1.82) is 0 Å². The lowest BCUT2D eigenvalue weighted by molar-refractivity contribution is -0.250. The Morgan fingerprint density at radius 1 is 1.29 bits per heavy atom. The van der Waals surface area contributed by atoms with Gasteiger partial charge in [0.25, 0.3) is 0 Å². The second-order valence-electron chi connectivity index (χ2n) is 5.74. The largest absolute Gasteiger partial charge is 0.313 e. The number of nitrogens with zero attached hydrogens (tertiary/aromatic N) is 1. The fraction of sp³-hybridized carbons (Fsp3) is 0.833. The predicted molar refractivity (Wildman–Crippen MR) is 59.3 cm³/mol. The molecule has 0 amide bonds. The lowest BCUT2D eigenvalue weighted by Crippen LogP contribution is -2.58. The van der Waals surface area contributed by atoms with E-state index in [4.69, 9.17) is 0 Å². The number of allylic oxidation sites excluding steroid dienone is 1. The summed E-state index contributed by atoms with van der Waals surface area (Å²) in [7, 11) is 0. The zero-order valence-corrected chi connectivity index (χ0v) is 9.88. The summed E-state index contributed by atoms with van der Waals surface area (Å²) in [6.07, 6.45) is 5.13. The molecule has 14 heavy (non-hydrogen) atoms. The molecule has 0 atom stereocenters. The minimum Gasteiger partial charge on any atom is -0.313 e. The van der Waals surface area contributed by atoms with Crippen molar-refractivity contribution >= 4 is 0 Å². The first kappa shape index (κ1) is 11.7. The second-order valence-corrected chi connectivity index (χ2v) is 5.74. The van der Waals surface area contributed by atoms with Gasteiger partial charge in [-0.1, -0.05) is 6.08 Å². The van der Waals surface area contributed by atoms with Crippen LogP contribution in [0.4, 0.5) is 0 Å². The lowest BCUT2D eigenvalue weighted by atomic mass is 9.74. The van der Waals surface area contributed by atoms with Gasteiger partial charge in [0.05, 0.1) is 0 Å². The van der Waals surface area contributed by atoms with Crippen LogP contribution in [0.15, 0.2) is 12.7 Å². The molecule has 0 aromatic heterocycles. The molecule has 2 nitrogen and oxygen atoms in total. The average Bonchev–Trinajstić information content (AvgIpc) is 1.99. The van der Waals surface area contributed by atoms with Crippen molar-refractivity contribution in [2.24, 2.45) is 5.92 Å². The second kappa shape index (κ2) is 3.67. The van der Waals surface area contributed by atoms with Crippen molar-refractivity contribution in [3.8, 4) is 0 Å². The van der Waals surface area contributed by atoms with Crippen molar-refractivity contribution in [2.45, 2.75) is 58.0 Å². The van der Waals surface area contributed by atoms with Gasteiger partial charge in [-0.25, -0.2) is 0 Å². The zero-order valence-electron chi connectivity index (χ0n) is 9.88. The van der Waals surface area contributed by atoms with Gasteiger partial charge in [0, 0.05) is 11.1 Å². The van der Waals surface area contributed by atoms with Gasteiger partial charge < -0.3 is 5.21 Å². The third-order valence-electron chi connectivity index (χ3n) is 3.22. The zero-order chi connectivity index (χ0) is 11.0. The van der Waals surface area contributed by atoms with Crippen LogP contribution in [0.3, 0.4) is 0 Å². The lowest BCUT2D eigenvalue weighted by Gasteiger charge is -2.51. The molecule has 0 unspecified atom stereocenters. The van der Waals surface area contributed by atoms with Crippen LogP contribution in [0.2, 0.25) is 0 Å². The van der Waals surface area contributed by atoms with Crippen molar-refractivity contribution in [2.75, 3.05) is 0 Å². The third kappa shape index (κ3) is 2.18. The van der Waals surface area contributed by atoms with E-state index in [0.29, 0.717) is 5.92 Å². The molecule has 0 aliphatic carbocycles. The molecule has 1 aliphatic heterocycles. The van der Waals surface area contributed by atoms with E-state index in [9.17, 15) is 5.21 Å². The molecule has 0 aromatic carbocycles. The van der Waals surface area contributed by atoms with E-state index >= 15 is 0 Å². The fourth-order valence-electron chi connectivity index (χ4n) is 2.88. The third-order valence-corrected chi connectivity index (χ3v) is 3.22. The number of hydrogen-bond acceptors (Lipinski definition) is 2. The van der Waals surface area contributed by atoms with E-state index in [1.54, 1.807) is 0 Å². The molecule has 0 spiro atoms. The highest BCUT2D eigenvalue weighted by molar-refractivity contribution is 4.97. The Kier molecular flexibility index (Phi) is 3.07. The number of piperidine rings is 1. The normalized spacial score (nSPS) is 27.5. The Morgan fingerprint density at radius 2 is 1.71 bits per heavy atom. The van der Waals surface area contributed by atoms with Gasteiger partial charge in [-0.3, -0.25) is 0 Å². The quantitative estimate of drug-likeness (QED) is 0.687. The van der Waals surface area contributed by atoms with Crippen LogP contribution in [0, 0.1) is 5.92 Å². The Labute approximate surface area is 87.6 Å². The van der Waals surface area contributed by atoms with Gasteiger partial charge in [-0.15, -0.1) is 6.58 Å². The number of rotatable bonds is 2. The fourth-order valence-corrected chi connectivity index (χ4v) is 2.88. The number of hydrogen-bond donors (Lipinski definition) is 1. The summed E-state index contributed by atoms with van der Waals surface area (Å²) in [5, 5.41) is 11.6. The average molecular weight is 197 g/mol. The first-order valence-corrected chi connectivity index (χ1v) is 5.40. The summed E-state index contributed by atoms with van der Waals surface area (Å²) in [5.74, 6) is 0.654. The van der Waals surface area contributed by atoms with E-state index < -0.39 is 0 Å². The van der Waals surface area contributed by atoms with Crippen molar-refractivity contribution in [3.05, 3.63) is 12.7 Å². The highest BCUT2D eigenvalue weighted by atomic mass is 16.5. The monoisotopic (exact) mass is 197 g/mol. The highest BCUT2D eigenvalue weighted by Crippen LogP contribution is 2.41. The molecule has 1 rings (SSSR count). The predicted octanol–water partition coefficient (Wildman–Crippen LogP) is 3.22. The van der Waals surface area contributed by atoms with Gasteiger partial charge in [-0.05, 0) is 52.9 Å². The maximum absolute atomic E-state index is 10.1. The maximum Gasteiger partial charge on any atom is 0.0413 e. The van der Waals surface area contributed by atoms with E-state index in [1.165, 1.54) is 5.06 Å². The van der Waals surface area contributed by atoms with Gasteiger partial charge in [0.1, 0.15) is 0 Å². The van der Waals surface area contributed by atoms with Crippen LogP contribution in [0.5, 0.6) is 0 Å². The van der Waals surface area contributed by atoms with Crippen LogP contribution in [-0.4, -0.2) is 21.3 Å². The molecule has 1 fully saturated rings. The molecule has 1 N–H and O–H groups in total.